The number of nitrogens with one attached hydrogen (secondary N) is 1. The van der Waals surface area contributed by atoms with Gasteiger partial charge in [-0.25, -0.2) is 0 Å². The van der Waals surface area contributed by atoms with Crippen LogP contribution in [0.3, 0.4) is 0 Å². The molecule has 0 heterocycles. The smallest absolute Gasteiger partial charge is 0.162 e. The minimum Gasteiger partial charge on any atom is -0.493 e. The van der Waals surface area contributed by atoms with Gasteiger partial charge in [-0.3, -0.25) is 0 Å². The van der Waals surface area contributed by atoms with Crippen molar-refractivity contribution in [2.24, 2.45) is 0 Å². The van der Waals surface area contributed by atoms with E-state index in [1.807, 2.05) is 6.07 Å². The Hall–Kier alpha value is -1.62. The van der Waals surface area contributed by atoms with E-state index in [0.29, 0.717) is 17.2 Å². The number of nitrogens with two attached hydrogens (primary N) is 1. The average Bonchev–Trinajstić information content (AvgIpc) is 2.43. The Labute approximate surface area is 114 Å². The zero-order valence-corrected chi connectivity index (χ0v) is 11.7. The Kier molecular flexibility index (Phi) is 6.89. The van der Waals surface area contributed by atoms with Crippen molar-refractivity contribution >= 4 is 11.4 Å². The van der Waals surface area contributed by atoms with Crippen molar-refractivity contribution in [3.05, 3.63) is 12.1 Å². The van der Waals surface area contributed by atoms with Crippen molar-refractivity contribution in [1.82, 2.24) is 0 Å². The molecule has 0 bridgehead atoms. The first-order chi connectivity index (χ1) is 9.22. The maximum Gasteiger partial charge on any atom is 0.162 e. The van der Waals surface area contributed by atoms with Crippen LogP contribution in [0.2, 0.25) is 0 Å². The van der Waals surface area contributed by atoms with Gasteiger partial charge in [0.15, 0.2) is 11.5 Å². The van der Waals surface area contributed by atoms with Crippen molar-refractivity contribution in [1.29, 1.82) is 0 Å². The van der Waals surface area contributed by atoms with Gasteiger partial charge >= 0.3 is 0 Å². The third-order valence-corrected chi connectivity index (χ3v) is 2.96. The topological polar surface area (TPSA) is 76.7 Å². The third kappa shape index (κ3) is 4.87. The molecular weight excluding hydrogens is 244 g/mol. The van der Waals surface area contributed by atoms with Crippen LogP contribution in [0.25, 0.3) is 0 Å². The van der Waals surface area contributed by atoms with Gasteiger partial charge in [0.2, 0.25) is 0 Å². The highest BCUT2D eigenvalue weighted by atomic mass is 16.5. The molecule has 0 aromatic heterocycles. The van der Waals surface area contributed by atoms with Gasteiger partial charge in [-0.15, -0.1) is 0 Å². The number of benzene rings is 1. The summed E-state index contributed by atoms with van der Waals surface area (Å²) >= 11 is 0. The van der Waals surface area contributed by atoms with Crippen molar-refractivity contribution < 1.29 is 14.6 Å². The second-order valence-electron chi connectivity index (χ2n) is 4.36. The van der Waals surface area contributed by atoms with Gasteiger partial charge in [0.1, 0.15) is 0 Å². The summed E-state index contributed by atoms with van der Waals surface area (Å²) in [5.41, 5.74) is 7.46. The molecule has 0 amide bonds. The van der Waals surface area contributed by atoms with Crippen LogP contribution in [0.15, 0.2) is 12.1 Å². The molecule has 5 heteroatoms. The number of ether oxygens (including phenoxy) is 2. The van der Waals surface area contributed by atoms with Gasteiger partial charge in [-0.05, 0) is 12.8 Å². The summed E-state index contributed by atoms with van der Waals surface area (Å²) in [6, 6.07) is 3.61. The van der Waals surface area contributed by atoms with Crippen LogP contribution in [0.4, 0.5) is 11.4 Å². The van der Waals surface area contributed by atoms with E-state index in [4.69, 9.17) is 20.3 Å². The molecule has 19 heavy (non-hydrogen) atoms. The van der Waals surface area contributed by atoms with Crippen LogP contribution in [-0.2, 0) is 0 Å². The Balaban J connectivity index is 2.49. The first kappa shape index (κ1) is 15.4. The summed E-state index contributed by atoms with van der Waals surface area (Å²) in [4.78, 5) is 0. The van der Waals surface area contributed by atoms with Crippen LogP contribution in [0, 0.1) is 0 Å². The number of nitrogen functional groups attached to an aromatic ring is 1. The summed E-state index contributed by atoms with van der Waals surface area (Å²) in [5.74, 6) is 1.30. The molecule has 0 spiro atoms. The predicted molar refractivity (Wildman–Crippen MR) is 78.0 cm³/mol. The molecule has 0 aliphatic heterocycles. The highest BCUT2D eigenvalue weighted by Crippen LogP contribution is 2.34. The molecule has 0 aliphatic carbocycles. The van der Waals surface area contributed by atoms with Crippen molar-refractivity contribution in [3.63, 3.8) is 0 Å². The van der Waals surface area contributed by atoms with Crippen LogP contribution >= 0.6 is 0 Å². The number of rotatable bonds is 9. The van der Waals surface area contributed by atoms with Gasteiger partial charge in [-0.1, -0.05) is 12.8 Å². The second-order valence-corrected chi connectivity index (χ2v) is 4.36. The SMILES string of the molecule is COc1cc(N)c(NCCCCCCO)cc1OC. The minimum absolute atomic E-state index is 0.274. The van der Waals surface area contributed by atoms with E-state index in [2.05, 4.69) is 5.32 Å². The van der Waals surface area contributed by atoms with E-state index in [0.717, 1.165) is 37.9 Å². The number of unbranched alkanes of at least 4 members (excludes halogenated alkanes) is 3. The summed E-state index contributed by atoms with van der Waals surface area (Å²) in [7, 11) is 3.19. The fourth-order valence-electron chi connectivity index (χ4n) is 1.86. The maximum atomic E-state index is 8.69. The largest absolute Gasteiger partial charge is 0.493 e. The first-order valence-corrected chi connectivity index (χ1v) is 6.59. The third-order valence-electron chi connectivity index (χ3n) is 2.96. The number of aliphatic hydroxyl groups excluding tert-OH is 1. The number of hydrogen-bond donors (Lipinski definition) is 3. The van der Waals surface area contributed by atoms with Crippen LogP contribution in [0.1, 0.15) is 25.7 Å². The minimum atomic E-state index is 0.274. The molecule has 1 aromatic carbocycles. The highest BCUT2D eigenvalue weighted by molar-refractivity contribution is 5.71. The highest BCUT2D eigenvalue weighted by Gasteiger charge is 2.08. The molecule has 5 nitrogen and oxygen atoms in total. The lowest BCUT2D eigenvalue weighted by Crippen LogP contribution is -2.05. The van der Waals surface area contributed by atoms with Gasteiger partial charge in [0.05, 0.1) is 25.6 Å². The van der Waals surface area contributed by atoms with Crippen LogP contribution in [0.5, 0.6) is 11.5 Å². The van der Waals surface area contributed by atoms with E-state index in [9.17, 15) is 0 Å². The fourth-order valence-corrected chi connectivity index (χ4v) is 1.86. The normalized spacial score (nSPS) is 10.3. The van der Waals surface area contributed by atoms with Crippen molar-refractivity contribution in [2.45, 2.75) is 25.7 Å². The molecule has 1 rings (SSSR count). The van der Waals surface area contributed by atoms with E-state index in [-0.39, 0.29) is 6.61 Å². The molecule has 0 saturated carbocycles. The van der Waals surface area contributed by atoms with Crippen molar-refractivity contribution in [3.8, 4) is 11.5 Å². The summed E-state index contributed by atoms with van der Waals surface area (Å²) < 4.78 is 10.4. The molecule has 108 valence electrons. The van der Waals surface area contributed by atoms with Crippen LogP contribution < -0.4 is 20.5 Å². The molecule has 1 aromatic rings. The standard InChI is InChI=1S/C14H24N2O3/c1-18-13-9-11(15)12(10-14(13)19-2)16-7-5-3-4-6-8-17/h9-10,16-17H,3-8,15H2,1-2H3. The lowest BCUT2D eigenvalue weighted by molar-refractivity contribution is 0.283. The molecule has 0 fully saturated rings. The number of anilines is 2. The van der Waals surface area contributed by atoms with Gasteiger partial charge < -0.3 is 25.6 Å². The number of methoxy groups -OCH3 is 2. The second kappa shape index (κ2) is 8.48. The Morgan fingerprint density at radius 3 is 2.32 bits per heavy atom. The van der Waals surface area contributed by atoms with E-state index < -0.39 is 0 Å². The summed E-state index contributed by atoms with van der Waals surface area (Å²) in [6.45, 7) is 1.13. The quantitative estimate of drug-likeness (QED) is 0.473. The fraction of sp³-hybridized carbons (Fsp3) is 0.571. The molecule has 0 saturated heterocycles. The molecule has 4 N–H and O–H groups in total. The summed E-state index contributed by atoms with van der Waals surface area (Å²) in [5, 5.41) is 12.0. The average molecular weight is 268 g/mol. The molecule has 0 radical (unpaired) electrons. The molecule has 0 aliphatic rings. The maximum absolute atomic E-state index is 8.69. The van der Waals surface area contributed by atoms with Crippen molar-refractivity contribution in [2.75, 3.05) is 38.4 Å². The van der Waals surface area contributed by atoms with E-state index >= 15 is 0 Å². The Bertz CT molecular complexity index is 383. The number of hydrogen-bond acceptors (Lipinski definition) is 5. The first-order valence-electron chi connectivity index (χ1n) is 6.59. The van der Waals surface area contributed by atoms with Gasteiger partial charge in [0.25, 0.3) is 0 Å². The predicted octanol–water partition coefficient (Wildman–Crippen LogP) is 2.25. The van der Waals surface area contributed by atoms with E-state index in [1.54, 1.807) is 20.3 Å². The number of aliphatic hydroxyl groups is 1. The molecule has 0 unspecified atom stereocenters. The lowest BCUT2D eigenvalue weighted by atomic mass is 10.2. The monoisotopic (exact) mass is 268 g/mol. The molecule has 0 atom stereocenters. The zero-order valence-electron chi connectivity index (χ0n) is 11.7. The summed E-state index contributed by atoms with van der Waals surface area (Å²) in [6.07, 6.45) is 4.08. The zero-order chi connectivity index (χ0) is 14.1. The van der Waals surface area contributed by atoms with Gasteiger partial charge in [0, 0.05) is 25.3 Å². The Morgan fingerprint density at radius 1 is 1.05 bits per heavy atom. The van der Waals surface area contributed by atoms with E-state index in [1.165, 1.54) is 0 Å². The molecular formula is C14H24N2O3. The lowest BCUT2D eigenvalue weighted by Gasteiger charge is -2.14. The van der Waals surface area contributed by atoms with Crippen LogP contribution in [-0.4, -0.2) is 32.5 Å². The Morgan fingerprint density at radius 2 is 1.68 bits per heavy atom. The van der Waals surface area contributed by atoms with Gasteiger partial charge in [-0.2, -0.15) is 0 Å².